The summed E-state index contributed by atoms with van der Waals surface area (Å²) in [4.78, 5) is 17.2. The topological polar surface area (TPSA) is 49.6 Å². The summed E-state index contributed by atoms with van der Waals surface area (Å²) in [5.74, 6) is 1.11. The van der Waals surface area contributed by atoms with Crippen LogP contribution >= 0.6 is 0 Å². The molecule has 2 rings (SSSR count). The number of hydrogen-bond donors (Lipinski definition) is 1. The SMILES string of the molecule is CCC(C)N1CCN(C(=O)C2CCC(C)C(N)C2)CC1. The Balaban J connectivity index is 1.83. The minimum atomic E-state index is 0.177. The Hall–Kier alpha value is -0.610. The fourth-order valence-corrected chi connectivity index (χ4v) is 3.48. The van der Waals surface area contributed by atoms with Crippen molar-refractivity contribution < 1.29 is 4.79 Å². The van der Waals surface area contributed by atoms with Crippen LogP contribution in [0.3, 0.4) is 0 Å². The van der Waals surface area contributed by atoms with E-state index in [4.69, 9.17) is 5.73 Å². The Bertz CT molecular complexity index is 326. The van der Waals surface area contributed by atoms with Crippen LogP contribution in [0, 0.1) is 11.8 Å². The molecule has 1 aliphatic carbocycles. The van der Waals surface area contributed by atoms with Crippen molar-refractivity contribution in [3.63, 3.8) is 0 Å². The summed E-state index contributed by atoms with van der Waals surface area (Å²) >= 11 is 0. The van der Waals surface area contributed by atoms with E-state index in [-0.39, 0.29) is 12.0 Å². The fraction of sp³-hybridized carbons (Fsp3) is 0.938. The number of carbonyl (C=O) groups excluding carboxylic acids is 1. The van der Waals surface area contributed by atoms with Gasteiger partial charge >= 0.3 is 0 Å². The number of nitrogens with two attached hydrogens (primary N) is 1. The molecule has 0 radical (unpaired) electrons. The summed E-state index contributed by atoms with van der Waals surface area (Å²) in [5, 5.41) is 0. The van der Waals surface area contributed by atoms with Crippen LogP contribution < -0.4 is 5.73 Å². The van der Waals surface area contributed by atoms with E-state index in [1.165, 1.54) is 6.42 Å². The molecule has 0 aromatic rings. The van der Waals surface area contributed by atoms with Crippen molar-refractivity contribution in [2.45, 2.75) is 58.5 Å². The number of hydrogen-bond acceptors (Lipinski definition) is 3. The first-order valence-corrected chi connectivity index (χ1v) is 8.31. The van der Waals surface area contributed by atoms with E-state index < -0.39 is 0 Å². The Morgan fingerprint density at radius 2 is 1.90 bits per heavy atom. The Morgan fingerprint density at radius 3 is 2.45 bits per heavy atom. The van der Waals surface area contributed by atoms with Gasteiger partial charge in [0.25, 0.3) is 0 Å². The molecule has 4 atom stereocenters. The van der Waals surface area contributed by atoms with Gasteiger partial charge in [-0.3, -0.25) is 9.69 Å². The standard InChI is InChI=1S/C16H31N3O/c1-4-13(3)18-7-9-19(10-8-18)16(20)14-6-5-12(2)15(17)11-14/h12-15H,4-11,17H2,1-3H3. The summed E-state index contributed by atoms with van der Waals surface area (Å²) in [6.45, 7) is 10.5. The van der Waals surface area contributed by atoms with Crippen LogP contribution in [0.4, 0.5) is 0 Å². The second-order valence-corrected chi connectivity index (χ2v) is 6.77. The lowest BCUT2D eigenvalue weighted by Crippen LogP contribution is -2.53. The van der Waals surface area contributed by atoms with Crippen molar-refractivity contribution in [3.05, 3.63) is 0 Å². The van der Waals surface area contributed by atoms with Gasteiger partial charge in [-0.05, 0) is 38.5 Å². The van der Waals surface area contributed by atoms with E-state index in [1.54, 1.807) is 0 Å². The fourth-order valence-electron chi connectivity index (χ4n) is 3.48. The molecule has 2 fully saturated rings. The molecule has 1 amide bonds. The van der Waals surface area contributed by atoms with Crippen LogP contribution in [0.1, 0.15) is 46.5 Å². The average Bonchev–Trinajstić information content (AvgIpc) is 2.48. The van der Waals surface area contributed by atoms with Crippen molar-refractivity contribution in [3.8, 4) is 0 Å². The second-order valence-electron chi connectivity index (χ2n) is 6.77. The van der Waals surface area contributed by atoms with Gasteiger partial charge in [0.2, 0.25) is 5.91 Å². The van der Waals surface area contributed by atoms with Crippen LogP contribution in [0.25, 0.3) is 0 Å². The Morgan fingerprint density at radius 1 is 1.25 bits per heavy atom. The van der Waals surface area contributed by atoms with Crippen LogP contribution in [0.2, 0.25) is 0 Å². The zero-order chi connectivity index (χ0) is 14.7. The van der Waals surface area contributed by atoms with Crippen LogP contribution in [0.5, 0.6) is 0 Å². The highest BCUT2D eigenvalue weighted by molar-refractivity contribution is 5.79. The molecule has 1 saturated heterocycles. The van der Waals surface area contributed by atoms with Crippen LogP contribution in [0.15, 0.2) is 0 Å². The summed E-state index contributed by atoms with van der Waals surface area (Å²) in [6.07, 6.45) is 4.19. The molecule has 20 heavy (non-hydrogen) atoms. The van der Waals surface area contributed by atoms with Gasteiger partial charge in [-0.2, -0.15) is 0 Å². The first-order chi connectivity index (χ1) is 9.52. The van der Waals surface area contributed by atoms with Crippen molar-refractivity contribution in [1.82, 2.24) is 9.80 Å². The number of nitrogens with zero attached hydrogens (tertiary/aromatic N) is 2. The van der Waals surface area contributed by atoms with Crippen molar-refractivity contribution >= 4 is 5.91 Å². The third kappa shape index (κ3) is 3.53. The smallest absolute Gasteiger partial charge is 0.225 e. The van der Waals surface area contributed by atoms with Crippen molar-refractivity contribution in [2.75, 3.05) is 26.2 Å². The monoisotopic (exact) mass is 281 g/mol. The van der Waals surface area contributed by atoms with Gasteiger partial charge in [-0.25, -0.2) is 0 Å². The van der Waals surface area contributed by atoms with E-state index in [9.17, 15) is 4.79 Å². The Labute approximate surface area is 123 Å². The van der Waals surface area contributed by atoms with E-state index >= 15 is 0 Å². The van der Waals surface area contributed by atoms with E-state index in [1.807, 2.05) is 0 Å². The van der Waals surface area contributed by atoms with Gasteiger partial charge in [0, 0.05) is 44.2 Å². The van der Waals surface area contributed by atoms with E-state index in [2.05, 4.69) is 30.6 Å². The molecule has 2 N–H and O–H groups in total. The molecule has 0 spiro atoms. The lowest BCUT2D eigenvalue weighted by Gasteiger charge is -2.40. The second kappa shape index (κ2) is 6.90. The average molecular weight is 281 g/mol. The normalized spacial score (nSPS) is 34.0. The molecule has 0 aromatic heterocycles. The molecule has 0 aromatic carbocycles. The summed E-state index contributed by atoms with van der Waals surface area (Å²) < 4.78 is 0. The quantitative estimate of drug-likeness (QED) is 0.856. The maximum Gasteiger partial charge on any atom is 0.225 e. The van der Waals surface area contributed by atoms with E-state index in [0.29, 0.717) is 17.9 Å². The lowest BCUT2D eigenvalue weighted by molar-refractivity contribution is -0.139. The summed E-state index contributed by atoms with van der Waals surface area (Å²) in [6, 6.07) is 0.843. The molecule has 4 unspecified atom stereocenters. The lowest BCUT2D eigenvalue weighted by atomic mass is 9.79. The first kappa shape index (κ1) is 15.8. The molecule has 1 saturated carbocycles. The minimum Gasteiger partial charge on any atom is -0.340 e. The molecular weight excluding hydrogens is 250 g/mol. The molecular formula is C16H31N3O. The number of amides is 1. The van der Waals surface area contributed by atoms with Gasteiger partial charge in [0.15, 0.2) is 0 Å². The van der Waals surface area contributed by atoms with Gasteiger partial charge in [0.1, 0.15) is 0 Å². The summed E-state index contributed by atoms with van der Waals surface area (Å²) in [5.41, 5.74) is 6.14. The summed E-state index contributed by atoms with van der Waals surface area (Å²) in [7, 11) is 0. The zero-order valence-corrected chi connectivity index (χ0v) is 13.3. The molecule has 116 valence electrons. The molecule has 0 bridgehead atoms. The highest BCUT2D eigenvalue weighted by atomic mass is 16.2. The third-order valence-electron chi connectivity index (χ3n) is 5.45. The van der Waals surface area contributed by atoms with E-state index in [0.717, 1.165) is 45.4 Å². The molecule has 4 heteroatoms. The number of rotatable bonds is 3. The maximum atomic E-state index is 12.6. The van der Waals surface area contributed by atoms with Crippen LogP contribution in [-0.4, -0.2) is 54.0 Å². The molecule has 1 aliphatic heterocycles. The van der Waals surface area contributed by atoms with Gasteiger partial charge in [0.05, 0.1) is 0 Å². The highest BCUT2D eigenvalue weighted by Crippen LogP contribution is 2.29. The van der Waals surface area contributed by atoms with Gasteiger partial charge in [-0.15, -0.1) is 0 Å². The van der Waals surface area contributed by atoms with Crippen molar-refractivity contribution in [2.24, 2.45) is 17.6 Å². The Kier molecular flexibility index (Phi) is 5.44. The largest absolute Gasteiger partial charge is 0.340 e. The van der Waals surface area contributed by atoms with Gasteiger partial charge in [-0.1, -0.05) is 13.8 Å². The van der Waals surface area contributed by atoms with Crippen molar-refractivity contribution in [1.29, 1.82) is 0 Å². The predicted octanol–water partition coefficient (Wildman–Crippen LogP) is 1.69. The third-order valence-corrected chi connectivity index (χ3v) is 5.45. The zero-order valence-electron chi connectivity index (χ0n) is 13.3. The molecule has 2 aliphatic rings. The predicted molar refractivity (Wildman–Crippen MR) is 82.4 cm³/mol. The van der Waals surface area contributed by atoms with Gasteiger partial charge < -0.3 is 10.6 Å². The maximum absolute atomic E-state index is 12.6. The number of piperazine rings is 1. The first-order valence-electron chi connectivity index (χ1n) is 8.31. The minimum absolute atomic E-state index is 0.177. The van der Waals surface area contributed by atoms with Crippen LogP contribution in [-0.2, 0) is 4.79 Å². The molecule has 1 heterocycles. The highest BCUT2D eigenvalue weighted by Gasteiger charge is 2.33. The number of carbonyl (C=O) groups is 1. The molecule has 4 nitrogen and oxygen atoms in total.